The maximum absolute atomic E-state index is 11.8. The van der Waals surface area contributed by atoms with Gasteiger partial charge in [0, 0.05) is 26.8 Å². The number of phenols is 2. The molecule has 0 atom stereocenters. The molecule has 0 spiro atoms. The Balaban J connectivity index is 0.000000230. The van der Waals surface area contributed by atoms with Crippen LogP contribution in [0.1, 0.15) is 0 Å². The van der Waals surface area contributed by atoms with Crippen LogP contribution in [0.2, 0.25) is 0 Å². The van der Waals surface area contributed by atoms with Gasteiger partial charge < -0.3 is 31.5 Å². The van der Waals surface area contributed by atoms with Crippen LogP contribution >= 0.6 is 31.9 Å². The third-order valence-corrected chi connectivity index (χ3v) is 6.27. The van der Waals surface area contributed by atoms with E-state index < -0.39 is 21.9 Å². The predicted octanol–water partition coefficient (Wildman–Crippen LogP) is 7.41. The minimum absolute atomic E-state index is 0.0742. The van der Waals surface area contributed by atoms with Crippen LogP contribution in [-0.2, 0) is 0 Å². The second-order valence-electron chi connectivity index (χ2n) is 8.07. The van der Waals surface area contributed by atoms with Crippen LogP contribution in [0.5, 0.6) is 11.5 Å². The number of aromatic hydroxyl groups is 2. The lowest BCUT2D eigenvalue weighted by molar-refractivity contribution is -0.385. The van der Waals surface area contributed by atoms with E-state index >= 15 is 0 Å². The number of hydrogen-bond acceptors (Lipinski definition) is 8. The van der Waals surface area contributed by atoms with Gasteiger partial charge in [0.15, 0.2) is 0 Å². The lowest BCUT2D eigenvalue weighted by Gasteiger charge is -2.10. The summed E-state index contributed by atoms with van der Waals surface area (Å²) in [5.41, 5.74) is 0.743. The van der Waals surface area contributed by atoms with E-state index in [9.17, 15) is 40.0 Å². The molecule has 0 heterocycles. The van der Waals surface area contributed by atoms with E-state index in [0.717, 1.165) is 16.6 Å². The molecule has 0 radical (unpaired) electrons. The first kappa shape index (κ1) is 31.3. The average Bonchev–Trinajstić information content (AvgIpc) is 2.92. The molecule has 4 aromatic carbocycles. The summed E-state index contributed by atoms with van der Waals surface area (Å²) in [5.74, 6) is -0.764. The van der Waals surface area contributed by atoms with Gasteiger partial charge in [-0.15, -0.1) is 0 Å². The summed E-state index contributed by atoms with van der Waals surface area (Å²) < 4.78 is 1.51. The lowest BCUT2D eigenvalue weighted by atomic mass is 10.2. The Morgan fingerprint density at radius 3 is 1.60 bits per heavy atom. The maximum Gasteiger partial charge on any atom is 0.323 e. The Labute approximate surface area is 253 Å². The van der Waals surface area contributed by atoms with Crippen LogP contribution in [0, 0.1) is 20.2 Å². The van der Waals surface area contributed by atoms with Gasteiger partial charge in [0.2, 0.25) is 0 Å². The van der Waals surface area contributed by atoms with E-state index in [1.165, 1.54) is 24.3 Å². The number of nitro benzene ring substituents is 2. The Morgan fingerprint density at radius 2 is 1.12 bits per heavy atom. The number of carbonyl (C=O) groups is 2. The zero-order valence-electron chi connectivity index (χ0n) is 21.1. The molecular formula is C26H20Br2N6O8. The highest BCUT2D eigenvalue weighted by Crippen LogP contribution is 2.29. The minimum atomic E-state index is -0.634. The number of benzene rings is 4. The molecule has 0 bridgehead atoms. The van der Waals surface area contributed by atoms with Gasteiger partial charge in [0.05, 0.1) is 39.0 Å². The van der Waals surface area contributed by atoms with Crippen LogP contribution in [0.25, 0.3) is 0 Å². The van der Waals surface area contributed by atoms with Crippen molar-refractivity contribution >= 4 is 78.0 Å². The van der Waals surface area contributed by atoms with E-state index in [1.807, 2.05) is 6.07 Å². The van der Waals surface area contributed by atoms with Crippen molar-refractivity contribution in [2.75, 3.05) is 21.3 Å². The molecule has 0 aromatic heterocycles. The fourth-order valence-corrected chi connectivity index (χ4v) is 3.95. The van der Waals surface area contributed by atoms with Gasteiger partial charge in [-0.2, -0.15) is 0 Å². The highest BCUT2D eigenvalue weighted by molar-refractivity contribution is 9.10. The van der Waals surface area contributed by atoms with Gasteiger partial charge in [0.25, 0.3) is 11.4 Å². The molecule has 0 aliphatic heterocycles. The zero-order valence-corrected chi connectivity index (χ0v) is 24.2. The van der Waals surface area contributed by atoms with Gasteiger partial charge >= 0.3 is 12.1 Å². The molecule has 4 aromatic rings. The highest BCUT2D eigenvalue weighted by Gasteiger charge is 2.14. The SMILES string of the molecule is O=C(Nc1ccc([N+](=O)[O-])cc1O)Nc1ccccc1Br.O=C(Nc1cccc(Br)c1)Nc1ccc([N+](=O)[O-])cc1O. The molecule has 0 saturated carbocycles. The topological polar surface area (TPSA) is 209 Å². The number of urea groups is 2. The van der Waals surface area contributed by atoms with Gasteiger partial charge in [-0.3, -0.25) is 20.2 Å². The Hall–Kier alpha value is -5.22. The molecular weight excluding hydrogens is 684 g/mol. The average molecular weight is 704 g/mol. The number of non-ortho nitro benzene ring substituents is 2. The number of amides is 4. The third kappa shape index (κ3) is 9.17. The summed E-state index contributed by atoms with van der Waals surface area (Å²) in [4.78, 5) is 43.4. The quantitative estimate of drug-likeness (QED) is 0.0675. The van der Waals surface area contributed by atoms with Gasteiger partial charge in [-0.05, 0) is 58.4 Å². The summed E-state index contributed by atoms with van der Waals surface area (Å²) in [6, 6.07) is 19.6. The molecule has 0 aliphatic carbocycles. The Kier molecular flexibility index (Phi) is 10.8. The lowest BCUT2D eigenvalue weighted by Crippen LogP contribution is -2.19. The zero-order chi connectivity index (χ0) is 30.8. The fourth-order valence-electron chi connectivity index (χ4n) is 3.17. The summed E-state index contributed by atoms with van der Waals surface area (Å²) in [7, 11) is 0. The summed E-state index contributed by atoms with van der Waals surface area (Å²) in [6.45, 7) is 0. The van der Waals surface area contributed by atoms with Gasteiger partial charge in [-0.25, -0.2) is 9.59 Å². The standard InChI is InChI=1S/2C13H10BrN3O4/c14-8-2-1-3-9(6-8)15-13(19)16-11-5-4-10(17(20)21)7-12(11)18;14-9-3-1-2-4-10(9)15-13(19)16-11-6-5-8(17(20)21)7-12(11)18/h2*1-7,18H,(H2,15,16,19). The number of phenolic OH excluding ortho intramolecular Hbond substituents is 2. The molecule has 42 heavy (non-hydrogen) atoms. The van der Waals surface area contributed by atoms with Crippen LogP contribution in [0.3, 0.4) is 0 Å². The second-order valence-corrected chi connectivity index (χ2v) is 9.84. The minimum Gasteiger partial charge on any atom is -0.506 e. The van der Waals surface area contributed by atoms with E-state index in [0.29, 0.717) is 15.8 Å². The molecule has 0 aliphatic rings. The number of nitro groups is 2. The summed E-state index contributed by atoms with van der Waals surface area (Å²) in [6.07, 6.45) is 0. The number of rotatable bonds is 6. The first-order valence-electron chi connectivity index (χ1n) is 11.5. The number of nitrogens with zero attached hydrogens (tertiary/aromatic N) is 2. The number of para-hydroxylation sites is 1. The Morgan fingerprint density at radius 1 is 0.619 bits per heavy atom. The summed E-state index contributed by atoms with van der Waals surface area (Å²) in [5, 5.41) is 50.4. The number of carbonyl (C=O) groups excluding carboxylic acids is 2. The van der Waals surface area contributed by atoms with Crippen molar-refractivity contribution in [3.8, 4) is 11.5 Å². The first-order valence-corrected chi connectivity index (χ1v) is 13.1. The molecule has 0 fully saturated rings. The van der Waals surface area contributed by atoms with Crippen molar-refractivity contribution in [1.29, 1.82) is 0 Å². The molecule has 4 rings (SSSR count). The monoisotopic (exact) mass is 702 g/mol. The van der Waals surface area contributed by atoms with E-state index in [1.54, 1.807) is 42.5 Å². The molecule has 4 amide bonds. The number of nitrogens with one attached hydrogen (secondary N) is 4. The maximum atomic E-state index is 11.8. The molecule has 16 heteroatoms. The second kappa shape index (κ2) is 14.4. The Bertz CT molecular complexity index is 1650. The number of halogens is 2. The highest BCUT2D eigenvalue weighted by atomic mass is 79.9. The van der Waals surface area contributed by atoms with Crippen molar-refractivity contribution in [3.05, 3.63) is 114 Å². The van der Waals surface area contributed by atoms with Crippen LogP contribution in [0.15, 0.2) is 93.9 Å². The predicted molar refractivity (Wildman–Crippen MR) is 163 cm³/mol. The largest absolute Gasteiger partial charge is 0.506 e. The molecule has 0 unspecified atom stereocenters. The van der Waals surface area contributed by atoms with Crippen LogP contribution < -0.4 is 21.3 Å². The molecule has 0 saturated heterocycles. The molecule has 6 N–H and O–H groups in total. The number of anilines is 4. The fraction of sp³-hybridized carbons (Fsp3) is 0. The van der Waals surface area contributed by atoms with Crippen molar-refractivity contribution in [2.24, 2.45) is 0 Å². The van der Waals surface area contributed by atoms with Gasteiger partial charge in [0.1, 0.15) is 11.5 Å². The first-order chi connectivity index (χ1) is 19.9. The van der Waals surface area contributed by atoms with Crippen molar-refractivity contribution in [2.45, 2.75) is 0 Å². The third-order valence-electron chi connectivity index (χ3n) is 5.09. The smallest absolute Gasteiger partial charge is 0.323 e. The van der Waals surface area contributed by atoms with Crippen molar-refractivity contribution in [1.82, 2.24) is 0 Å². The summed E-state index contributed by atoms with van der Waals surface area (Å²) >= 11 is 6.56. The van der Waals surface area contributed by atoms with E-state index in [-0.39, 0.29) is 34.2 Å². The number of hydrogen-bond donors (Lipinski definition) is 6. The molecule has 14 nitrogen and oxygen atoms in total. The van der Waals surface area contributed by atoms with Crippen LogP contribution in [-0.4, -0.2) is 32.1 Å². The van der Waals surface area contributed by atoms with E-state index in [2.05, 4.69) is 53.1 Å². The van der Waals surface area contributed by atoms with Crippen molar-refractivity contribution < 1.29 is 29.6 Å². The van der Waals surface area contributed by atoms with Crippen LogP contribution in [0.4, 0.5) is 43.7 Å². The van der Waals surface area contributed by atoms with Gasteiger partial charge in [-0.1, -0.05) is 34.1 Å². The van der Waals surface area contributed by atoms with Crippen molar-refractivity contribution in [3.63, 3.8) is 0 Å². The molecule has 216 valence electrons. The van der Waals surface area contributed by atoms with E-state index in [4.69, 9.17) is 0 Å². The normalized spacial score (nSPS) is 9.95.